The monoisotopic (exact) mass is 692 g/mol. The Labute approximate surface area is 252 Å². The van der Waals surface area contributed by atoms with Crippen LogP contribution >= 0.6 is 31.9 Å². The van der Waals surface area contributed by atoms with Crippen molar-refractivity contribution in [2.45, 2.75) is 65.0 Å². The van der Waals surface area contributed by atoms with E-state index in [1.165, 1.54) is 12.1 Å². The number of nitrogen functional groups attached to an aromatic ring is 1. The first-order valence-electron chi connectivity index (χ1n) is 13.0. The zero-order valence-electron chi connectivity index (χ0n) is 23.6. The van der Waals surface area contributed by atoms with Crippen LogP contribution in [0, 0.1) is 5.82 Å². The van der Waals surface area contributed by atoms with Gasteiger partial charge in [0.05, 0.1) is 12.7 Å². The number of benzene rings is 1. The van der Waals surface area contributed by atoms with E-state index >= 15 is 0 Å². The second-order valence-corrected chi connectivity index (χ2v) is 17.5. The Morgan fingerprint density at radius 3 is 2.55 bits per heavy atom. The highest BCUT2D eigenvalue weighted by Gasteiger charge is 2.40. The molecule has 0 bridgehead atoms. The van der Waals surface area contributed by atoms with Crippen molar-refractivity contribution >= 4 is 46.0 Å². The lowest BCUT2D eigenvalue weighted by Gasteiger charge is -2.39. The summed E-state index contributed by atoms with van der Waals surface area (Å²) in [5, 5.41) is 4.36. The van der Waals surface area contributed by atoms with Crippen LogP contribution in [0.2, 0.25) is 18.1 Å². The fourth-order valence-electron chi connectivity index (χ4n) is 4.04. The van der Waals surface area contributed by atoms with E-state index in [1.807, 2.05) is 28.6 Å². The number of nitrogens with zero attached hydrogens (tertiary/aromatic N) is 5. The molecule has 214 valence electrons. The molecular formula is C28H35Br2FN6O2Si. The van der Waals surface area contributed by atoms with Crippen molar-refractivity contribution in [2.75, 3.05) is 12.3 Å². The molecular weight excluding hydrogens is 659 g/mol. The first kappa shape index (κ1) is 30.4. The summed E-state index contributed by atoms with van der Waals surface area (Å²) in [5.41, 5.74) is 8.52. The van der Waals surface area contributed by atoms with Gasteiger partial charge in [0.2, 0.25) is 0 Å². The van der Waals surface area contributed by atoms with Gasteiger partial charge in [-0.05, 0) is 86.7 Å². The average molecular weight is 695 g/mol. The lowest BCUT2D eigenvalue weighted by molar-refractivity contribution is 0.116. The van der Waals surface area contributed by atoms with Gasteiger partial charge in [-0.25, -0.2) is 14.4 Å². The maximum atomic E-state index is 14.9. The van der Waals surface area contributed by atoms with Gasteiger partial charge in [0.25, 0.3) is 0 Å². The third-order valence-corrected chi connectivity index (χ3v) is 13.1. The maximum absolute atomic E-state index is 14.9. The number of anilines is 1. The second-order valence-electron chi connectivity index (χ2n) is 11.1. The minimum atomic E-state index is -2.33. The van der Waals surface area contributed by atoms with E-state index in [0.717, 1.165) is 26.7 Å². The molecule has 0 radical (unpaired) electrons. The molecule has 1 unspecified atom stereocenters. The van der Waals surface area contributed by atoms with Crippen molar-refractivity contribution in [2.24, 2.45) is 0 Å². The van der Waals surface area contributed by atoms with Crippen LogP contribution in [0.15, 0.2) is 58.1 Å². The molecule has 4 aromatic rings. The molecule has 4 rings (SSSR count). The highest BCUT2D eigenvalue weighted by Crippen LogP contribution is 2.42. The molecule has 8 nitrogen and oxygen atoms in total. The summed E-state index contributed by atoms with van der Waals surface area (Å²) in [7, 11) is -2.33. The third-order valence-electron chi connectivity index (χ3n) is 7.28. The van der Waals surface area contributed by atoms with Gasteiger partial charge in [0.15, 0.2) is 19.9 Å². The van der Waals surface area contributed by atoms with E-state index in [0.29, 0.717) is 23.7 Å². The molecule has 0 aliphatic rings. The highest BCUT2D eigenvalue weighted by molar-refractivity contribution is 9.10. The predicted octanol–water partition coefficient (Wildman–Crippen LogP) is 7.60. The molecule has 0 spiro atoms. The SMILES string of the molecule is CCn1ncc(Cn2ccnc2-c2ccc(F)cc2C(COc2cc(Br)cnc2N)O[Si](C)(C)C(C)(C)C)c1Br. The van der Waals surface area contributed by atoms with Crippen molar-refractivity contribution in [3.8, 4) is 17.1 Å². The number of aromatic nitrogens is 5. The van der Waals surface area contributed by atoms with Crippen molar-refractivity contribution < 1.29 is 13.6 Å². The van der Waals surface area contributed by atoms with Crippen LogP contribution in [0.1, 0.15) is 44.9 Å². The standard InChI is InChI=1S/C28H35Br2FN6O2Si/c1-7-37-25(30)18(14-35-37)16-36-11-10-33-27(36)21-9-8-20(31)13-22(21)24(39-40(5,6)28(2,3)4)17-38-23-12-19(29)15-34-26(23)32/h8-15,24H,7,16-17H2,1-6H3,(H2,32,34). The van der Waals surface area contributed by atoms with Gasteiger partial charge >= 0.3 is 0 Å². The van der Waals surface area contributed by atoms with Crippen molar-refractivity contribution in [1.29, 1.82) is 0 Å². The molecule has 0 aliphatic carbocycles. The smallest absolute Gasteiger partial charge is 0.193 e. The summed E-state index contributed by atoms with van der Waals surface area (Å²) in [6, 6.07) is 6.48. The summed E-state index contributed by atoms with van der Waals surface area (Å²) < 4.78 is 33.5. The Kier molecular flexibility index (Phi) is 9.23. The predicted molar refractivity (Wildman–Crippen MR) is 165 cm³/mol. The van der Waals surface area contributed by atoms with Crippen LogP contribution in [0.3, 0.4) is 0 Å². The summed E-state index contributed by atoms with van der Waals surface area (Å²) in [6.07, 6.45) is 6.51. The Morgan fingerprint density at radius 1 is 1.12 bits per heavy atom. The summed E-state index contributed by atoms with van der Waals surface area (Å²) in [4.78, 5) is 8.85. The largest absolute Gasteiger partial charge is 0.487 e. The first-order chi connectivity index (χ1) is 18.8. The normalized spacial score (nSPS) is 13.0. The van der Waals surface area contributed by atoms with Crippen LogP contribution in [0.4, 0.5) is 10.2 Å². The molecule has 0 aliphatic heterocycles. The molecule has 3 aromatic heterocycles. The van der Waals surface area contributed by atoms with E-state index in [-0.39, 0.29) is 23.3 Å². The summed E-state index contributed by atoms with van der Waals surface area (Å²) in [6.45, 7) is 14.3. The number of rotatable bonds is 10. The molecule has 12 heteroatoms. The topological polar surface area (TPSA) is 93.0 Å². The number of imidazole rings is 1. The molecule has 1 atom stereocenters. The molecule has 0 saturated heterocycles. The third kappa shape index (κ3) is 6.67. The lowest BCUT2D eigenvalue weighted by atomic mass is 10.0. The summed E-state index contributed by atoms with van der Waals surface area (Å²) in [5.74, 6) is 1.02. The molecule has 40 heavy (non-hydrogen) atoms. The minimum Gasteiger partial charge on any atom is -0.487 e. The fraction of sp³-hybridized carbons (Fsp3) is 0.393. The maximum Gasteiger partial charge on any atom is 0.193 e. The number of pyridine rings is 1. The molecule has 0 saturated carbocycles. The summed E-state index contributed by atoms with van der Waals surface area (Å²) >= 11 is 7.08. The number of aryl methyl sites for hydroxylation is 1. The Morgan fingerprint density at radius 2 is 1.88 bits per heavy atom. The fourth-order valence-corrected chi connectivity index (χ4v) is 6.18. The van der Waals surface area contributed by atoms with E-state index in [9.17, 15) is 4.39 Å². The first-order valence-corrected chi connectivity index (χ1v) is 17.5. The molecule has 0 amide bonds. The minimum absolute atomic E-state index is 0.0841. The Balaban J connectivity index is 1.76. The quantitative estimate of drug-likeness (QED) is 0.172. The van der Waals surface area contributed by atoms with Gasteiger partial charge < -0.3 is 19.5 Å². The van der Waals surface area contributed by atoms with Crippen molar-refractivity contribution in [3.05, 3.63) is 75.1 Å². The van der Waals surface area contributed by atoms with Gasteiger partial charge in [0.1, 0.15) is 29.0 Å². The van der Waals surface area contributed by atoms with E-state index in [4.69, 9.17) is 14.9 Å². The zero-order valence-corrected chi connectivity index (χ0v) is 27.8. The van der Waals surface area contributed by atoms with E-state index in [2.05, 4.69) is 80.8 Å². The molecule has 0 fully saturated rings. The lowest BCUT2D eigenvalue weighted by Crippen LogP contribution is -2.43. The Bertz CT molecular complexity index is 1480. The van der Waals surface area contributed by atoms with Gasteiger partial charge in [-0.15, -0.1) is 0 Å². The van der Waals surface area contributed by atoms with Crippen LogP contribution in [-0.4, -0.2) is 39.2 Å². The van der Waals surface area contributed by atoms with E-state index in [1.54, 1.807) is 24.5 Å². The number of ether oxygens (including phenoxy) is 1. The zero-order chi connectivity index (χ0) is 29.2. The van der Waals surface area contributed by atoms with Crippen LogP contribution in [-0.2, 0) is 17.5 Å². The molecule has 1 aromatic carbocycles. The van der Waals surface area contributed by atoms with Crippen LogP contribution < -0.4 is 10.5 Å². The van der Waals surface area contributed by atoms with Gasteiger partial charge in [0, 0.05) is 40.7 Å². The number of halogens is 3. The number of hydrogen-bond acceptors (Lipinski definition) is 6. The molecule has 3 heterocycles. The van der Waals surface area contributed by atoms with Gasteiger partial charge in [-0.3, -0.25) is 4.68 Å². The van der Waals surface area contributed by atoms with E-state index < -0.39 is 14.4 Å². The average Bonchev–Trinajstić information content (AvgIpc) is 3.49. The van der Waals surface area contributed by atoms with Crippen LogP contribution in [0.25, 0.3) is 11.4 Å². The second kappa shape index (κ2) is 12.1. The van der Waals surface area contributed by atoms with Gasteiger partial charge in [-0.2, -0.15) is 5.10 Å². The van der Waals surface area contributed by atoms with Gasteiger partial charge in [-0.1, -0.05) is 20.8 Å². The highest BCUT2D eigenvalue weighted by atomic mass is 79.9. The molecule has 2 N–H and O–H groups in total. The number of hydrogen-bond donors (Lipinski definition) is 1. The van der Waals surface area contributed by atoms with Crippen molar-refractivity contribution in [3.63, 3.8) is 0 Å². The number of nitrogens with two attached hydrogens (primary N) is 1. The van der Waals surface area contributed by atoms with Crippen LogP contribution in [0.5, 0.6) is 5.75 Å². The van der Waals surface area contributed by atoms with Crippen molar-refractivity contribution in [1.82, 2.24) is 24.3 Å². The Hall–Kier alpha value is -2.54.